The summed E-state index contributed by atoms with van der Waals surface area (Å²) in [5, 5.41) is 0. The number of allylic oxidation sites excluding steroid dienone is 1. The maximum Gasteiger partial charge on any atom is 0.211 e. The van der Waals surface area contributed by atoms with Gasteiger partial charge >= 0.3 is 0 Å². The van der Waals surface area contributed by atoms with E-state index in [0.29, 0.717) is 19.0 Å². The van der Waals surface area contributed by atoms with Crippen LogP contribution in [0.4, 0.5) is 0 Å². The van der Waals surface area contributed by atoms with Crippen LogP contribution in [-0.4, -0.2) is 38.1 Å². The van der Waals surface area contributed by atoms with Crippen molar-refractivity contribution >= 4 is 10.0 Å². The third-order valence-electron chi connectivity index (χ3n) is 3.99. The van der Waals surface area contributed by atoms with Gasteiger partial charge in [-0.15, -0.1) is 0 Å². The molecule has 0 aromatic rings. The summed E-state index contributed by atoms with van der Waals surface area (Å²) in [4.78, 5) is 0. The highest BCUT2D eigenvalue weighted by atomic mass is 32.2. The summed E-state index contributed by atoms with van der Waals surface area (Å²) in [6, 6.07) is 0.211. The van der Waals surface area contributed by atoms with Gasteiger partial charge in [0, 0.05) is 19.1 Å². The van der Waals surface area contributed by atoms with Gasteiger partial charge in [0.05, 0.1) is 6.26 Å². The van der Waals surface area contributed by atoms with Crippen LogP contribution < -0.4 is 5.73 Å². The monoisotopic (exact) mass is 272 g/mol. The summed E-state index contributed by atoms with van der Waals surface area (Å²) in [5.74, 6) is 0.477. The highest BCUT2D eigenvalue weighted by molar-refractivity contribution is 7.88. The molecule has 1 aliphatic carbocycles. The molecule has 1 heterocycles. The van der Waals surface area contributed by atoms with E-state index < -0.39 is 10.0 Å². The van der Waals surface area contributed by atoms with Crippen LogP contribution in [0.3, 0.4) is 0 Å². The SMILES string of the molecule is CS(=O)(=O)N1CCCC(CC2=CC(N)CCC2)C1. The van der Waals surface area contributed by atoms with Crippen molar-refractivity contribution in [3.8, 4) is 0 Å². The van der Waals surface area contributed by atoms with Crippen molar-refractivity contribution in [2.45, 2.75) is 44.6 Å². The molecule has 1 fully saturated rings. The zero-order valence-electron chi connectivity index (χ0n) is 11.1. The first-order chi connectivity index (χ1) is 8.45. The largest absolute Gasteiger partial charge is 0.324 e. The molecular formula is C13H24N2O2S. The number of nitrogens with zero attached hydrogens (tertiary/aromatic N) is 1. The molecule has 2 rings (SSSR count). The topological polar surface area (TPSA) is 63.4 Å². The zero-order valence-corrected chi connectivity index (χ0v) is 12.0. The van der Waals surface area contributed by atoms with Gasteiger partial charge in [-0.05, 0) is 44.4 Å². The maximum absolute atomic E-state index is 11.6. The van der Waals surface area contributed by atoms with Crippen LogP contribution in [-0.2, 0) is 10.0 Å². The Morgan fingerprint density at radius 3 is 2.83 bits per heavy atom. The second kappa shape index (κ2) is 5.72. The maximum atomic E-state index is 11.6. The molecule has 5 heteroatoms. The van der Waals surface area contributed by atoms with Gasteiger partial charge in [0.1, 0.15) is 0 Å². The van der Waals surface area contributed by atoms with E-state index in [-0.39, 0.29) is 6.04 Å². The van der Waals surface area contributed by atoms with Gasteiger partial charge in [0.25, 0.3) is 0 Å². The fourth-order valence-electron chi connectivity index (χ4n) is 3.07. The van der Waals surface area contributed by atoms with Crippen molar-refractivity contribution in [3.63, 3.8) is 0 Å². The second-order valence-corrected chi connectivity index (χ2v) is 7.70. The zero-order chi connectivity index (χ0) is 13.2. The van der Waals surface area contributed by atoms with Crippen LogP contribution in [0.5, 0.6) is 0 Å². The molecule has 0 saturated carbocycles. The standard InChI is InChI=1S/C13H24N2O2S/c1-18(16,17)15-7-3-5-12(10-15)8-11-4-2-6-13(14)9-11/h9,12-13H,2-8,10,14H2,1H3. The van der Waals surface area contributed by atoms with E-state index in [1.165, 1.54) is 18.2 Å². The Morgan fingerprint density at radius 1 is 1.39 bits per heavy atom. The van der Waals surface area contributed by atoms with Gasteiger partial charge in [-0.25, -0.2) is 12.7 Å². The highest BCUT2D eigenvalue weighted by Crippen LogP contribution is 2.28. The van der Waals surface area contributed by atoms with Crippen molar-refractivity contribution in [1.29, 1.82) is 0 Å². The molecule has 18 heavy (non-hydrogen) atoms. The van der Waals surface area contributed by atoms with E-state index in [2.05, 4.69) is 6.08 Å². The third-order valence-corrected chi connectivity index (χ3v) is 5.26. The average molecular weight is 272 g/mol. The molecule has 0 spiro atoms. The first kappa shape index (κ1) is 14.0. The quantitative estimate of drug-likeness (QED) is 0.792. The van der Waals surface area contributed by atoms with Crippen molar-refractivity contribution in [2.75, 3.05) is 19.3 Å². The van der Waals surface area contributed by atoms with Gasteiger partial charge in [0.15, 0.2) is 0 Å². The summed E-state index contributed by atoms with van der Waals surface area (Å²) in [7, 11) is -3.02. The van der Waals surface area contributed by atoms with Crippen molar-refractivity contribution in [2.24, 2.45) is 11.7 Å². The van der Waals surface area contributed by atoms with Crippen LogP contribution in [0.15, 0.2) is 11.6 Å². The molecule has 2 aliphatic rings. The predicted molar refractivity (Wildman–Crippen MR) is 73.7 cm³/mol. The molecule has 0 aromatic carbocycles. The molecule has 0 amide bonds. The van der Waals surface area contributed by atoms with Crippen molar-refractivity contribution in [3.05, 3.63) is 11.6 Å². The van der Waals surface area contributed by atoms with Crippen LogP contribution in [0.25, 0.3) is 0 Å². The summed E-state index contributed by atoms with van der Waals surface area (Å²) < 4.78 is 24.8. The summed E-state index contributed by atoms with van der Waals surface area (Å²) in [6.45, 7) is 1.37. The minimum Gasteiger partial charge on any atom is -0.324 e. The summed E-state index contributed by atoms with van der Waals surface area (Å²) in [5.41, 5.74) is 7.38. The van der Waals surface area contributed by atoms with E-state index in [1.807, 2.05) is 0 Å². The van der Waals surface area contributed by atoms with Crippen molar-refractivity contribution < 1.29 is 8.42 Å². The van der Waals surface area contributed by atoms with E-state index >= 15 is 0 Å². The summed E-state index contributed by atoms with van der Waals surface area (Å²) >= 11 is 0. The number of sulfonamides is 1. The van der Waals surface area contributed by atoms with Crippen LogP contribution >= 0.6 is 0 Å². The lowest BCUT2D eigenvalue weighted by atomic mass is 9.86. The van der Waals surface area contributed by atoms with Gasteiger partial charge < -0.3 is 5.73 Å². The van der Waals surface area contributed by atoms with Crippen LogP contribution in [0.2, 0.25) is 0 Å². The van der Waals surface area contributed by atoms with Crippen LogP contribution in [0.1, 0.15) is 38.5 Å². The Kier molecular flexibility index (Phi) is 4.45. The lowest BCUT2D eigenvalue weighted by Gasteiger charge is -2.32. The minimum absolute atomic E-state index is 0.211. The van der Waals surface area contributed by atoms with Crippen LogP contribution in [0, 0.1) is 5.92 Å². The Bertz CT molecular complexity index is 417. The van der Waals surface area contributed by atoms with E-state index in [0.717, 1.165) is 32.1 Å². The van der Waals surface area contributed by atoms with Gasteiger partial charge in [-0.3, -0.25) is 0 Å². The van der Waals surface area contributed by atoms with Gasteiger partial charge in [-0.2, -0.15) is 0 Å². The van der Waals surface area contributed by atoms with E-state index in [4.69, 9.17) is 5.73 Å². The Balaban J connectivity index is 1.94. The third kappa shape index (κ3) is 3.80. The first-order valence-corrected chi connectivity index (χ1v) is 8.70. The van der Waals surface area contributed by atoms with E-state index in [9.17, 15) is 8.42 Å². The molecule has 0 bridgehead atoms. The molecular weight excluding hydrogens is 248 g/mol. The fraction of sp³-hybridized carbons (Fsp3) is 0.846. The Morgan fingerprint density at radius 2 is 2.17 bits per heavy atom. The molecule has 1 saturated heterocycles. The number of piperidine rings is 1. The molecule has 1 aliphatic heterocycles. The number of rotatable bonds is 3. The lowest BCUT2D eigenvalue weighted by Crippen LogP contribution is -2.39. The second-order valence-electron chi connectivity index (χ2n) is 5.71. The highest BCUT2D eigenvalue weighted by Gasteiger charge is 2.26. The molecule has 0 aromatic heterocycles. The molecule has 2 N–H and O–H groups in total. The van der Waals surface area contributed by atoms with E-state index in [1.54, 1.807) is 4.31 Å². The Hall–Kier alpha value is -0.390. The lowest BCUT2D eigenvalue weighted by molar-refractivity contribution is 0.264. The Labute approximate surface area is 110 Å². The molecule has 4 nitrogen and oxygen atoms in total. The number of nitrogens with two attached hydrogens (primary N) is 1. The average Bonchev–Trinajstić information content (AvgIpc) is 2.28. The molecule has 2 atom stereocenters. The van der Waals surface area contributed by atoms with Gasteiger partial charge in [-0.1, -0.05) is 11.6 Å². The predicted octanol–water partition coefficient (Wildman–Crippen LogP) is 1.49. The first-order valence-electron chi connectivity index (χ1n) is 6.85. The van der Waals surface area contributed by atoms with Gasteiger partial charge in [0.2, 0.25) is 10.0 Å². The fourth-order valence-corrected chi connectivity index (χ4v) is 4.01. The minimum atomic E-state index is -3.02. The summed E-state index contributed by atoms with van der Waals surface area (Å²) in [6.07, 6.45) is 10.1. The van der Waals surface area contributed by atoms with Crippen molar-refractivity contribution in [1.82, 2.24) is 4.31 Å². The smallest absolute Gasteiger partial charge is 0.211 e. The molecule has 104 valence electrons. The molecule has 0 radical (unpaired) electrons. The number of hydrogen-bond donors (Lipinski definition) is 1. The number of hydrogen-bond acceptors (Lipinski definition) is 3. The molecule has 2 unspecified atom stereocenters. The normalized spacial score (nSPS) is 31.1.